The highest BCUT2D eigenvalue weighted by Crippen LogP contribution is 2.51. The van der Waals surface area contributed by atoms with E-state index < -0.39 is 5.60 Å². The molecule has 1 aliphatic carbocycles. The molecule has 2 aromatic rings. The van der Waals surface area contributed by atoms with Crippen LogP contribution < -0.4 is 14.8 Å². The molecule has 32 heavy (non-hydrogen) atoms. The van der Waals surface area contributed by atoms with E-state index >= 15 is 0 Å². The van der Waals surface area contributed by atoms with Gasteiger partial charge in [-0.3, -0.25) is 9.69 Å². The smallest absolute Gasteiger partial charge is 0.234 e. The maximum absolute atomic E-state index is 12.9. The fourth-order valence-electron chi connectivity index (χ4n) is 5.43. The Kier molecular flexibility index (Phi) is 7.01. The van der Waals surface area contributed by atoms with Gasteiger partial charge in [-0.25, -0.2) is 0 Å². The number of nitrogens with one attached hydrogen (secondary N) is 1. The van der Waals surface area contributed by atoms with Gasteiger partial charge in [-0.2, -0.15) is 0 Å². The van der Waals surface area contributed by atoms with Crippen molar-refractivity contribution < 1.29 is 19.4 Å². The third-order valence-corrected chi connectivity index (χ3v) is 7.11. The van der Waals surface area contributed by atoms with Gasteiger partial charge in [0, 0.05) is 36.7 Å². The molecule has 0 radical (unpaired) electrons. The number of fused-ring (bicyclic) bond motifs is 1. The van der Waals surface area contributed by atoms with E-state index in [1.165, 1.54) is 0 Å². The standard InChI is InChI=1S/C26H34N2O4/c1-31-20-11-12-21(23(16-20)32-2)25-22-10-6-7-13-26(22,30)14-15-28(25)18-24(29)27-17-19-8-4-3-5-9-19/h3-5,8-9,11-12,16,22,25,30H,6-7,10,13-15,17-18H2,1-2H3,(H,27,29)/t22-,25-,26+/m0/s1. The highest BCUT2D eigenvalue weighted by atomic mass is 16.5. The number of aliphatic hydroxyl groups is 1. The number of piperidine rings is 1. The number of amides is 1. The van der Waals surface area contributed by atoms with Gasteiger partial charge in [0.05, 0.1) is 26.4 Å². The number of nitrogens with zero attached hydrogens (tertiary/aromatic N) is 1. The lowest BCUT2D eigenvalue weighted by molar-refractivity contribution is -0.138. The summed E-state index contributed by atoms with van der Waals surface area (Å²) in [6.07, 6.45) is 4.60. The average Bonchev–Trinajstić information content (AvgIpc) is 2.83. The summed E-state index contributed by atoms with van der Waals surface area (Å²) in [6.45, 7) is 1.47. The zero-order chi connectivity index (χ0) is 22.6. The molecule has 0 bridgehead atoms. The predicted octanol–water partition coefficient (Wildman–Crippen LogP) is 3.69. The van der Waals surface area contributed by atoms with E-state index in [-0.39, 0.29) is 17.9 Å². The number of benzene rings is 2. The molecule has 2 fully saturated rings. The van der Waals surface area contributed by atoms with Gasteiger partial charge >= 0.3 is 0 Å². The topological polar surface area (TPSA) is 71.0 Å². The normalized spacial score (nSPS) is 25.6. The van der Waals surface area contributed by atoms with Crippen LogP contribution in [0.1, 0.15) is 49.3 Å². The number of rotatable bonds is 7. The summed E-state index contributed by atoms with van der Waals surface area (Å²) in [6, 6.07) is 15.7. The summed E-state index contributed by atoms with van der Waals surface area (Å²) in [5.74, 6) is 1.52. The van der Waals surface area contributed by atoms with Gasteiger partial charge < -0.3 is 19.9 Å². The summed E-state index contributed by atoms with van der Waals surface area (Å²) in [5.41, 5.74) is 1.40. The first kappa shape index (κ1) is 22.6. The monoisotopic (exact) mass is 438 g/mol. The van der Waals surface area contributed by atoms with Gasteiger partial charge in [0.15, 0.2) is 0 Å². The molecule has 4 rings (SSSR count). The van der Waals surface area contributed by atoms with Crippen molar-refractivity contribution in [2.24, 2.45) is 5.92 Å². The van der Waals surface area contributed by atoms with Crippen LogP contribution in [-0.4, -0.2) is 48.8 Å². The lowest BCUT2D eigenvalue weighted by Gasteiger charge is -2.52. The van der Waals surface area contributed by atoms with Crippen LogP contribution in [0.5, 0.6) is 11.5 Å². The van der Waals surface area contributed by atoms with Gasteiger partial charge in [0.1, 0.15) is 11.5 Å². The number of hydrogen-bond donors (Lipinski definition) is 2. The molecule has 3 atom stereocenters. The lowest BCUT2D eigenvalue weighted by atomic mass is 9.66. The van der Waals surface area contributed by atoms with E-state index in [1.54, 1.807) is 14.2 Å². The van der Waals surface area contributed by atoms with Crippen LogP contribution in [0.2, 0.25) is 0 Å². The van der Waals surface area contributed by atoms with Crippen molar-refractivity contribution in [1.82, 2.24) is 10.2 Å². The average molecular weight is 439 g/mol. The zero-order valence-electron chi connectivity index (χ0n) is 19.0. The Morgan fingerprint density at radius 1 is 1.12 bits per heavy atom. The van der Waals surface area contributed by atoms with Gasteiger partial charge in [0.2, 0.25) is 5.91 Å². The first-order valence-corrected chi connectivity index (χ1v) is 11.5. The number of methoxy groups -OCH3 is 2. The van der Waals surface area contributed by atoms with Crippen molar-refractivity contribution in [3.05, 3.63) is 59.7 Å². The highest BCUT2D eigenvalue weighted by molar-refractivity contribution is 5.78. The molecule has 0 unspecified atom stereocenters. The summed E-state index contributed by atoms with van der Waals surface area (Å²) >= 11 is 0. The molecule has 1 aliphatic heterocycles. The van der Waals surface area contributed by atoms with Crippen molar-refractivity contribution in [2.75, 3.05) is 27.3 Å². The molecular formula is C26H34N2O4. The molecule has 6 nitrogen and oxygen atoms in total. The molecule has 1 saturated heterocycles. The second-order valence-corrected chi connectivity index (χ2v) is 8.99. The van der Waals surface area contributed by atoms with Crippen LogP contribution in [0.25, 0.3) is 0 Å². The lowest BCUT2D eigenvalue weighted by Crippen LogP contribution is -2.56. The molecule has 2 aliphatic rings. The predicted molar refractivity (Wildman–Crippen MR) is 124 cm³/mol. The minimum Gasteiger partial charge on any atom is -0.497 e. The molecular weight excluding hydrogens is 404 g/mol. The summed E-state index contributed by atoms with van der Waals surface area (Å²) in [7, 11) is 3.30. The van der Waals surface area contributed by atoms with Crippen molar-refractivity contribution in [3.8, 4) is 11.5 Å². The number of hydrogen-bond acceptors (Lipinski definition) is 5. The third kappa shape index (κ3) is 4.76. The van der Waals surface area contributed by atoms with Crippen LogP contribution in [0.3, 0.4) is 0 Å². The molecule has 1 amide bonds. The van der Waals surface area contributed by atoms with E-state index in [0.717, 1.165) is 48.3 Å². The SMILES string of the molecule is COc1ccc([C@H]2[C@@H]3CCCC[C@@]3(O)CCN2CC(=O)NCc2ccccc2)c(OC)c1. The molecule has 172 valence electrons. The maximum Gasteiger partial charge on any atom is 0.234 e. The largest absolute Gasteiger partial charge is 0.497 e. The van der Waals surface area contributed by atoms with Crippen LogP contribution in [0.15, 0.2) is 48.5 Å². The van der Waals surface area contributed by atoms with E-state index in [0.29, 0.717) is 26.1 Å². The van der Waals surface area contributed by atoms with Crippen molar-refractivity contribution in [2.45, 2.75) is 50.3 Å². The summed E-state index contributed by atoms with van der Waals surface area (Å²) in [4.78, 5) is 15.1. The maximum atomic E-state index is 12.9. The Morgan fingerprint density at radius 2 is 1.94 bits per heavy atom. The number of likely N-dealkylation sites (tertiary alicyclic amines) is 1. The Bertz CT molecular complexity index is 919. The molecule has 6 heteroatoms. The Labute approximate surface area is 190 Å². The minimum atomic E-state index is -0.690. The van der Waals surface area contributed by atoms with E-state index in [4.69, 9.17) is 9.47 Å². The first-order valence-electron chi connectivity index (χ1n) is 11.5. The van der Waals surface area contributed by atoms with Gasteiger partial charge in [0.25, 0.3) is 0 Å². The fraction of sp³-hybridized carbons (Fsp3) is 0.500. The van der Waals surface area contributed by atoms with E-state index in [1.807, 2.05) is 48.5 Å². The van der Waals surface area contributed by atoms with E-state index in [2.05, 4.69) is 10.2 Å². The van der Waals surface area contributed by atoms with Gasteiger partial charge in [-0.1, -0.05) is 49.2 Å². The Hall–Kier alpha value is -2.57. The highest BCUT2D eigenvalue weighted by Gasteiger charge is 2.49. The molecule has 1 saturated carbocycles. The summed E-state index contributed by atoms with van der Waals surface area (Å²) < 4.78 is 11.1. The van der Waals surface area contributed by atoms with Gasteiger partial charge in [-0.15, -0.1) is 0 Å². The molecule has 1 heterocycles. The number of carbonyl (C=O) groups excluding carboxylic acids is 1. The molecule has 2 N–H and O–H groups in total. The van der Waals surface area contributed by atoms with Crippen molar-refractivity contribution >= 4 is 5.91 Å². The molecule has 0 aromatic heterocycles. The van der Waals surface area contributed by atoms with Crippen molar-refractivity contribution in [1.29, 1.82) is 0 Å². The second-order valence-electron chi connectivity index (χ2n) is 8.99. The molecule has 2 aromatic carbocycles. The molecule has 0 spiro atoms. The summed E-state index contributed by atoms with van der Waals surface area (Å²) in [5, 5.41) is 14.6. The van der Waals surface area contributed by atoms with Gasteiger partial charge in [-0.05, 0) is 30.9 Å². The Morgan fingerprint density at radius 3 is 2.69 bits per heavy atom. The first-order chi connectivity index (χ1) is 15.5. The van der Waals surface area contributed by atoms with Crippen LogP contribution >= 0.6 is 0 Å². The minimum absolute atomic E-state index is 0.00687. The van der Waals surface area contributed by atoms with Crippen LogP contribution in [0, 0.1) is 5.92 Å². The third-order valence-electron chi connectivity index (χ3n) is 7.11. The zero-order valence-corrected chi connectivity index (χ0v) is 19.0. The Balaban J connectivity index is 1.58. The fourth-order valence-corrected chi connectivity index (χ4v) is 5.43. The van der Waals surface area contributed by atoms with Crippen molar-refractivity contribution in [3.63, 3.8) is 0 Å². The second kappa shape index (κ2) is 9.92. The van der Waals surface area contributed by atoms with Crippen LogP contribution in [-0.2, 0) is 11.3 Å². The van der Waals surface area contributed by atoms with Crippen LogP contribution in [0.4, 0.5) is 0 Å². The quantitative estimate of drug-likeness (QED) is 0.690. The number of ether oxygens (including phenoxy) is 2. The number of carbonyl (C=O) groups is 1. The van der Waals surface area contributed by atoms with E-state index in [9.17, 15) is 9.90 Å².